The van der Waals surface area contributed by atoms with E-state index in [2.05, 4.69) is 16.0 Å². The van der Waals surface area contributed by atoms with Crippen molar-refractivity contribution in [3.05, 3.63) is 43.8 Å². The normalized spacial score (nSPS) is 12.0. The van der Waals surface area contributed by atoms with Gasteiger partial charge in [0.1, 0.15) is 21.0 Å². The number of amides is 2. The zero-order valence-corrected chi connectivity index (χ0v) is 18.5. The van der Waals surface area contributed by atoms with Crippen molar-refractivity contribution in [2.24, 2.45) is 0 Å². The van der Waals surface area contributed by atoms with Gasteiger partial charge in [-0.2, -0.15) is 5.26 Å². The number of carbonyl (C=O) groups is 2. The number of nitrogens with zero attached hydrogens (tertiary/aromatic N) is 2. The van der Waals surface area contributed by atoms with Crippen LogP contribution in [0, 0.1) is 11.3 Å². The van der Waals surface area contributed by atoms with Gasteiger partial charge in [0.15, 0.2) is 12.2 Å². The minimum Gasteiger partial charge on any atom is -0.484 e. The summed E-state index contributed by atoms with van der Waals surface area (Å²) in [4.78, 5) is 36.4. The lowest BCUT2D eigenvalue weighted by Crippen LogP contribution is -2.34. The van der Waals surface area contributed by atoms with E-state index in [0.717, 1.165) is 11.3 Å². The van der Waals surface area contributed by atoms with E-state index in [1.54, 1.807) is 38.1 Å². The van der Waals surface area contributed by atoms with Crippen LogP contribution >= 0.6 is 11.3 Å². The van der Waals surface area contributed by atoms with E-state index in [4.69, 9.17) is 4.74 Å². The Balaban J connectivity index is 2.34. The first kappa shape index (κ1) is 23.7. The van der Waals surface area contributed by atoms with Crippen LogP contribution in [0.1, 0.15) is 20.8 Å². The molecule has 2 aromatic rings. The van der Waals surface area contributed by atoms with Crippen LogP contribution in [-0.4, -0.2) is 36.1 Å². The highest BCUT2D eigenvalue weighted by Gasteiger charge is 2.14. The summed E-state index contributed by atoms with van der Waals surface area (Å²) in [6.07, 6.45) is 1.53. The highest BCUT2D eigenvalue weighted by molar-refractivity contribution is 7.07. The van der Waals surface area contributed by atoms with Gasteiger partial charge in [0.2, 0.25) is 0 Å². The number of aromatic nitrogens is 1. The average Bonchev–Trinajstić information content (AvgIpc) is 3.07. The smallest absolute Gasteiger partial charge is 0.270 e. The molecule has 0 atom stereocenters. The van der Waals surface area contributed by atoms with Gasteiger partial charge in [0.05, 0.1) is 0 Å². The lowest BCUT2D eigenvalue weighted by atomic mass is 10.3. The van der Waals surface area contributed by atoms with Crippen LogP contribution in [0.5, 0.6) is 5.75 Å². The topological polar surface area (TPSA) is 125 Å². The van der Waals surface area contributed by atoms with Gasteiger partial charge in [-0.25, -0.2) is 0 Å². The molecule has 0 unspecified atom stereocenters. The molecule has 0 aliphatic rings. The second kappa shape index (κ2) is 11.6. The van der Waals surface area contributed by atoms with Gasteiger partial charge in [-0.3, -0.25) is 19.0 Å². The van der Waals surface area contributed by atoms with Crippen LogP contribution in [0.15, 0.2) is 29.1 Å². The highest BCUT2D eigenvalue weighted by Crippen LogP contribution is 2.17. The summed E-state index contributed by atoms with van der Waals surface area (Å²) in [5.41, 5.74) is 0.265. The van der Waals surface area contributed by atoms with Crippen molar-refractivity contribution in [3.8, 4) is 11.8 Å². The second-order valence-corrected chi connectivity index (χ2v) is 7.26. The Morgan fingerprint density at radius 3 is 2.61 bits per heavy atom. The molecular weight excluding hydrogens is 418 g/mol. The van der Waals surface area contributed by atoms with E-state index in [1.807, 2.05) is 13.0 Å². The number of rotatable bonds is 9. The van der Waals surface area contributed by atoms with Crippen LogP contribution in [-0.2, 0) is 16.1 Å². The molecule has 1 heterocycles. The largest absolute Gasteiger partial charge is 0.484 e. The fraction of sp³-hybridized carbons (Fsp3) is 0.333. The molecule has 1 aromatic carbocycles. The summed E-state index contributed by atoms with van der Waals surface area (Å²) in [6, 6.07) is 8.86. The molecule has 0 aliphatic carbocycles. The molecule has 0 fully saturated rings. The third kappa shape index (κ3) is 6.20. The van der Waals surface area contributed by atoms with Crippen molar-refractivity contribution in [1.29, 1.82) is 5.26 Å². The number of hydrogen-bond acceptors (Lipinski definition) is 7. The Morgan fingerprint density at radius 2 is 1.97 bits per heavy atom. The molecule has 164 valence electrons. The van der Waals surface area contributed by atoms with Crippen molar-refractivity contribution in [3.63, 3.8) is 0 Å². The summed E-state index contributed by atoms with van der Waals surface area (Å²) in [7, 11) is 0. The van der Waals surface area contributed by atoms with Crippen molar-refractivity contribution >= 4 is 40.6 Å². The number of thiazole rings is 1. The molecule has 9 nitrogen and oxygen atoms in total. The van der Waals surface area contributed by atoms with Gasteiger partial charge >= 0.3 is 0 Å². The van der Waals surface area contributed by atoms with Gasteiger partial charge in [0.25, 0.3) is 17.4 Å². The monoisotopic (exact) mass is 443 g/mol. The zero-order chi connectivity index (χ0) is 22.8. The predicted molar refractivity (Wildman–Crippen MR) is 120 cm³/mol. The fourth-order valence-corrected chi connectivity index (χ4v) is 3.75. The Kier molecular flexibility index (Phi) is 8.84. The highest BCUT2D eigenvalue weighted by atomic mass is 32.1. The summed E-state index contributed by atoms with van der Waals surface area (Å²) in [5.74, 6) is -0.223. The zero-order valence-electron chi connectivity index (χ0n) is 17.7. The van der Waals surface area contributed by atoms with E-state index < -0.39 is 5.91 Å². The third-order valence-electron chi connectivity index (χ3n) is 4.06. The van der Waals surface area contributed by atoms with Crippen molar-refractivity contribution in [1.82, 2.24) is 15.2 Å². The number of ether oxygens (including phenoxy) is 1. The predicted octanol–water partition coefficient (Wildman–Crippen LogP) is 0.105. The molecule has 10 heteroatoms. The van der Waals surface area contributed by atoms with Crippen LogP contribution in [0.3, 0.4) is 0 Å². The number of nitriles is 1. The average molecular weight is 444 g/mol. The Labute approximate surface area is 183 Å². The van der Waals surface area contributed by atoms with Gasteiger partial charge in [-0.05, 0) is 32.9 Å². The number of likely N-dealkylation sites (N-methyl/N-ethyl adjacent to an activating group) is 1. The number of carbonyl (C=O) groups excluding carboxylic acids is 2. The molecule has 1 aromatic heterocycles. The SMILES string of the molecule is CCNC(=O)COc1cccc(NC=c2sc(=C(C#N)C(=O)NCC)n(CC)c2=O)c1. The van der Waals surface area contributed by atoms with Crippen LogP contribution < -0.4 is 35.4 Å². The van der Waals surface area contributed by atoms with Crippen molar-refractivity contribution in [2.75, 3.05) is 25.0 Å². The molecular formula is C21H25N5O4S. The molecule has 0 saturated carbocycles. The first-order valence-electron chi connectivity index (χ1n) is 9.83. The van der Waals surface area contributed by atoms with Gasteiger partial charge in [0, 0.05) is 37.6 Å². The van der Waals surface area contributed by atoms with Gasteiger partial charge in [-0.1, -0.05) is 6.07 Å². The maximum atomic E-state index is 12.7. The number of hydrogen-bond donors (Lipinski definition) is 3. The lowest BCUT2D eigenvalue weighted by molar-refractivity contribution is -0.123. The van der Waals surface area contributed by atoms with Crippen molar-refractivity contribution in [2.45, 2.75) is 27.3 Å². The van der Waals surface area contributed by atoms with E-state index >= 15 is 0 Å². The van der Waals surface area contributed by atoms with E-state index in [9.17, 15) is 19.6 Å². The molecule has 2 amide bonds. The Bertz CT molecular complexity index is 1160. The number of anilines is 1. The quantitative estimate of drug-likeness (QED) is 0.505. The van der Waals surface area contributed by atoms with E-state index in [1.165, 1.54) is 10.8 Å². The van der Waals surface area contributed by atoms with E-state index in [-0.39, 0.29) is 23.6 Å². The van der Waals surface area contributed by atoms with Crippen LogP contribution in [0.2, 0.25) is 0 Å². The Hall–Kier alpha value is -3.58. The van der Waals surface area contributed by atoms with Crippen LogP contribution in [0.4, 0.5) is 5.69 Å². The fourth-order valence-electron chi connectivity index (χ4n) is 2.66. The third-order valence-corrected chi connectivity index (χ3v) is 5.19. The molecule has 0 saturated heterocycles. The summed E-state index contributed by atoms with van der Waals surface area (Å²) < 4.78 is 7.52. The standard InChI is InChI=1S/C21H25N5O4S/c1-4-23-18(27)13-30-15-9-7-8-14(10-15)25-12-17-20(29)26(6-3)21(31-17)16(11-22)19(28)24-5-2/h7-10,12,25H,4-6,13H2,1-3H3,(H,23,27)(H,24,28). The molecule has 0 aliphatic heterocycles. The summed E-state index contributed by atoms with van der Waals surface area (Å²) >= 11 is 1.07. The van der Waals surface area contributed by atoms with E-state index in [0.29, 0.717) is 40.3 Å². The number of nitrogens with one attached hydrogen (secondary N) is 3. The molecule has 3 N–H and O–H groups in total. The molecule has 0 spiro atoms. The molecule has 0 radical (unpaired) electrons. The first-order chi connectivity index (χ1) is 14.9. The minimum atomic E-state index is -0.509. The van der Waals surface area contributed by atoms with Crippen molar-refractivity contribution < 1.29 is 14.3 Å². The minimum absolute atomic E-state index is 0.0915. The molecule has 0 bridgehead atoms. The second-order valence-electron chi connectivity index (χ2n) is 6.23. The summed E-state index contributed by atoms with van der Waals surface area (Å²) in [6.45, 7) is 6.50. The maximum absolute atomic E-state index is 12.7. The van der Waals surface area contributed by atoms with Crippen LogP contribution in [0.25, 0.3) is 11.8 Å². The Morgan fingerprint density at radius 1 is 1.23 bits per heavy atom. The maximum Gasteiger partial charge on any atom is 0.270 e. The lowest BCUT2D eigenvalue weighted by Gasteiger charge is -2.07. The molecule has 2 rings (SSSR count). The number of benzene rings is 1. The van der Waals surface area contributed by atoms with Gasteiger partial charge in [-0.15, -0.1) is 11.3 Å². The first-order valence-corrected chi connectivity index (χ1v) is 10.6. The summed E-state index contributed by atoms with van der Waals surface area (Å²) in [5, 5.41) is 17.7. The van der Waals surface area contributed by atoms with Gasteiger partial charge < -0.3 is 20.7 Å². The molecule has 31 heavy (non-hydrogen) atoms.